The van der Waals surface area contributed by atoms with Gasteiger partial charge in [-0.2, -0.15) is 0 Å². The molecule has 0 radical (unpaired) electrons. The monoisotopic (exact) mass is 464 g/mol. The van der Waals surface area contributed by atoms with Crippen molar-refractivity contribution in [2.75, 3.05) is 12.1 Å². The first-order chi connectivity index (χ1) is 15.9. The van der Waals surface area contributed by atoms with Crippen LogP contribution in [0.3, 0.4) is 0 Å². The summed E-state index contributed by atoms with van der Waals surface area (Å²) < 4.78 is 5.04. The van der Waals surface area contributed by atoms with Crippen LogP contribution in [0.1, 0.15) is 30.3 Å². The summed E-state index contributed by atoms with van der Waals surface area (Å²) in [6, 6.07) is 22.8. The smallest absolute Gasteiger partial charge is 0.375 e. The quantitative estimate of drug-likeness (QED) is 0.279. The van der Waals surface area contributed by atoms with Crippen LogP contribution < -0.4 is 5.01 Å². The Balaban J connectivity index is 1.87. The number of benzene rings is 3. The highest BCUT2D eigenvalue weighted by atomic mass is 35.5. The first-order valence-corrected chi connectivity index (χ1v) is 10.6. The number of rotatable bonds is 6. The molecule has 1 heterocycles. The number of anilines is 1. The second kappa shape index (κ2) is 9.30. The average Bonchev–Trinajstić information content (AvgIpc) is 3.24. The van der Waals surface area contributed by atoms with Gasteiger partial charge in [-0.05, 0) is 54.4 Å². The van der Waals surface area contributed by atoms with Gasteiger partial charge in [0, 0.05) is 17.2 Å². The van der Waals surface area contributed by atoms with E-state index in [9.17, 15) is 14.9 Å². The SMILES string of the molecule is COC(=O)C1=NN(c2ccc(Cl)cc2)[C@H](c2ccc([N+](=O)[O-])cc2)N1[C@@H](C)c1ccccc1. The van der Waals surface area contributed by atoms with Gasteiger partial charge in [-0.25, -0.2) is 9.80 Å². The predicted molar refractivity (Wildman–Crippen MR) is 126 cm³/mol. The van der Waals surface area contributed by atoms with Crippen LogP contribution in [0.4, 0.5) is 11.4 Å². The zero-order chi connectivity index (χ0) is 23.5. The van der Waals surface area contributed by atoms with Crippen molar-refractivity contribution in [1.82, 2.24) is 4.90 Å². The van der Waals surface area contributed by atoms with Crippen LogP contribution in [-0.2, 0) is 9.53 Å². The van der Waals surface area contributed by atoms with Crippen LogP contribution in [0.15, 0.2) is 84.0 Å². The van der Waals surface area contributed by atoms with Crippen molar-refractivity contribution in [2.24, 2.45) is 5.10 Å². The number of carbonyl (C=O) groups excluding carboxylic acids is 1. The minimum atomic E-state index is -0.582. The van der Waals surface area contributed by atoms with Crippen LogP contribution in [0.5, 0.6) is 0 Å². The van der Waals surface area contributed by atoms with Gasteiger partial charge in [0.05, 0.1) is 23.8 Å². The molecule has 168 valence electrons. The summed E-state index contributed by atoms with van der Waals surface area (Å²) in [6.45, 7) is 1.97. The van der Waals surface area contributed by atoms with Crippen LogP contribution in [0.2, 0.25) is 5.02 Å². The minimum absolute atomic E-state index is 0.0217. The number of hydrogen-bond acceptors (Lipinski definition) is 7. The van der Waals surface area contributed by atoms with Crippen molar-refractivity contribution < 1.29 is 14.5 Å². The van der Waals surface area contributed by atoms with Gasteiger partial charge in [0.15, 0.2) is 6.17 Å². The van der Waals surface area contributed by atoms with Gasteiger partial charge in [0.2, 0.25) is 5.84 Å². The molecule has 0 amide bonds. The number of hydrogen-bond donors (Lipinski definition) is 0. The molecule has 0 saturated carbocycles. The van der Waals surface area contributed by atoms with Gasteiger partial charge in [-0.15, -0.1) is 5.10 Å². The molecule has 0 spiro atoms. The van der Waals surface area contributed by atoms with E-state index in [0.29, 0.717) is 10.7 Å². The highest BCUT2D eigenvalue weighted by Gasteiger charge is 2.42. The summed E-state index contributed by atoms with van der Waals surface area (Å²) in [5.74, 6) is -0.451. The number of non-ortho nitro benzene ring substituents is 1. The molecule has 0 aliphatic carbocycles. The van der Waals surface area contributed by atoms with E-state index >= 15 is 0 Å². The van der Waals surface area contributed by atoms with E-state index in [2.05, 4.69) is 5.10 Å². The third-order valence-corrected chi connectivity index (χ3v) is 5.75. The Morgan fingerprint density at radius 1 is 1.06 bits per heavy atom. The van der Waals surface area contributed by atoms with E-state index in [4.69, 9.17) is 16.3 Å². The summed E-state index contributed by atoms with van der Waals surface area (Å²) in [6.07, 6.45) is -0.559. The molecular weight excluding hydrogens is 444 g/mol. The highest BCUT2D eigenvalue weighted by molar-refractivity contribution is 6.36. The number of nitro groups is 1. The number of hydrazone groups is 1. The summed E-state index contributed by atoms with van der Waals surface area (Å²) in [7, 11) is 1.31. The van der Waals surface area contributed by atoms with E-state index in [0.717, 1.165) is 11.1 Å². The molecule has 4 rings (SSSR count). The van der Waals surface area contributed by atoms with Crippen molar-refractivity contribution in [3.05, 3.63) is 105 Å². The molecule has 3 aromatic carbocycles. The lowest BCUT2D eigenvalue weighted by atomic mass is 10.0. The Bertz CT molecular complexity index is 1180. The molecule has 1 aliphatic heterocycles. The van der Waals surface area contributed by atoms with Crippen molar-refractivity contribution in [2.45, 2.75) is 19.1 Å². The van der Waals surface area contributed by atoms with Gasteiger partial charge in [0.25, 0.3) is 5.69 Å². The number of nitrogens with zero attached hydrogens (tertiary/aromatic N) is 4. The van der Waals surface area contributed by atoms with Gasteiger partial charge >= 0.3 is 5.97 Å². The number of carbonyl (C=O) groups is 1. The summed E-state index contributed by atoms with van der Waals surface area (Å²) in [5, 5.41) is 18.1. The zero-order valence-electron chi connectivity index (χ0n) is 18.0. The highest BCUT2D eigenvalue weighted by Crippen LogP contribution is 2.41. The lowest BCUT2D eigenvalue weighted by molar-refractivity contribution is -0.384. The van der Waals surface area contributed by atoms with Crippen LogP contribution in [0, 0.1) is 10.1 Å². The third-order valence-electron chi connectivity index (χ3n) is 5.50. The first-order valence-electron chi connectivity index (χ1n) is 10.2. The van der Waals surface area contributed by atoms with Crippen molar-refractivity contribution in [3.63, 3.8) is 0 Å². The van der Waals surface area contributed by atoms with Crippen molar-refractivity contribution in [1.29, 1.82) is 0 Å². The second-order valence-electron chi connectivity index (χ2n) is 7.45. The molecule has 33 heavy (non-hydrogen) atoms. The normalized spacial score (nSPS) is 16.3. The molecule has 0 bridgehead atoms. The summed E-state index contributed by atoms with van der Waals surface area (Å²) in [4.78, 5) is 25.4. The van der Waals surface area contributed by atoms with Gasteiger partial charge in [-0.1, -0.05) is 41.9 Å². The molecule has 0 N–H and O–H groups in total. The van der Waals surface area contributed by atoms with Gasteiger partial charge in [0.1, 0.15) is 0 Å². The number of methoxy groups -OCH3 is 1. The van der Waals surface area contributed by atoms with Gasteiger partial charge < -0.3 is 9.64 Å². The van der Waals surface area contributed by atoms with E-state index in [-0.39, 0.29) is 17.6 Å². The Morgan fingerprint density at radius 3 is 2.27 bits per heavy atom. The largest absolute Gasteiger partial charge is 0.463 e. The molecule has 8 nitrogen and oxygen atoms in total. The number of esters is 1. The number of nitro benzene ring substituents is 1. The molecule has 9 heteroatoms. The maximum absolute atomic E-state index is 12.8. The number of ether oxygens (including phenoxy) is 1. The fraction of sp³-hybridized carbons (Fsp3) is 0.167. The lowest BCUT2D eigenvalue weighted by Crippen LogP contribution is -2.40. The Hall–Kier alpha value is -3.91. The number of halogens is 1. The molecule has 3 aromatic rings. The lowest BCUT2D eigenvalue weighted by Gasteiger charge is -2.36. The molecule has 0 aromatic heterocycles. The first kappa shape index (κ1) is 22.3. The number of amidine groups is 1. The molecule has 2 atom stereocenters. The zero-order valence-corrected chi connectivity index (χ0v) is 18.7. The second-order valence-corrected chi connectivity index (χ2v) is 7.89. The van der Waals surface area contributed by atoms with Gasteiger partial charge in [-0.3, -0.25) is 10.1 Å². The molecule has 0 unspecified atom stereocenters. The topological polar surface area (TPSA) is 88.3 Å². The molecular formula is C24H21ClN4O4. The maximum Gasteiger partial charge on any atom is 0.375 e. The van der Waals surface area contributed by atoms with E-state index in [1.165, 1.54) is 19.2 Å². The van der Waals surface area contributed by atoms with Crippen LogP contribution >= 0.6 is 11.6 Å². The van der Waals surface area contributed by atoms with Crippen LogP contribution in [-0.4, -0.2) is 28.7 Å². The summed E-state index contributed by atoms with van der Waals surface area (Å²) >= 11 is 6.08. The predicted octanol–water partition coefficient (Wildman–Crippen LogP) is 5.32. The maximum atomic E-state index is 12.8. The Kier molecular flexibility index (Phi) is 6.28. The van der Waals surface area contributed by atoms with E-state index in [1.54, 1.807) is 41.4 Å². The summed E-state index contributed by atoms with van der Waals surface area (Å²) in [5.41, 5.74) is 2.37. The van der Waals surface area contributed by atoms with Crippen molar-refractivity contribution >= 4 is 34.8 Å². The van der Waals surface area contributed by atoms with Crippen molar-refractivity contribution in [3.8, 4) is 0 Å². The molecule has 0 saturated heterocycles. The Morgan fingerprint density at radius 2 is 1.70 bits per heavy atom. The standard InChI is InChI=1S/C24H21ClN4O4/c1-16(17-6-4-3-5-7-17)27-22(24(30)33-2)26-28(20-14-10-19(25)11-15-20)23(27)18-8-12-21(13-9-18)29(31)32/h3-16,23H,1-2H3/t16-,23+/m0/s1. The Labute approximate surface area is 195 Å². The van der Waals surface area contributed by atoms with E-state index < -0.39 is 17.1 Å². The molecule has 0 fully saturated rings. The minimum Gasteiger partial charge on any atom is -0.463 e. The molecule has 1 aliphatic rings. The van der Waals surface area contributed by atoms with E-state index in [1.807, 2.05) is 42.2 Å². The fourth-order valence-corrected chi connectivity index (χ4v) is 3.96. The third kappa shape index (κ3) is 4.38. The fourth-order valence-electron chi connectivity index (χ4n) is 3.83. The van der Waals surface area contributed by atoms with Crippen LogP contribution in [0.25, 0.3) is 0 Å². The average molecular weight is 465 g/mol.